The maximum absolute atomic E-state index is 13.1. The van der Waals surface area contributed by atoms with Crippen LogP contribution in [0.25, 0.3) is 10.2 Å². The van der Waals surface area contributed by atoms with Crippen molar-refractivity contribution in [1.29, 1.82) is 0 Å². The van der Waals surface area contributed by atoms with Crippen molar-refractivity contribution in [2.45, 2.75) is 45.6 Å². The van der Waals surface area contributed by atoms with Crippen molar-refractivity contribution in [3.8, 4) is 0 Å². The van der Waals surface area contributed by atoms with Gasteiger partial charge >= 0.3 is 11.9 Å². The highest BCUT2D eigenvalue weighted by molar-refractivity contribution is 7.17. The topological polar surface area (TPSA) is 98.5 Å². The van der Waals surface area contributed by atoms with Crippen LogP contribution in [0.1, 0.15) is 53.7 Å². The van der Waals surface area contributed by atoms with Crippen LogP contribution in [-0.2, 0) is 16.0 Å². The van der Waals surface area contributed by atoms with E-state index in [4.69, 9.17) is 4.74 Å². The Morgan fingerprint density at radius 2 is 2.00 bits per heavy atom. The Bertz CT molecular complexity index is 1100. The van der Waals surface area contributed by atoms with Crippen molar-refractivity contribution in [1.82, 2.24) is 9.55 Å². The number of hydrogen-bond donors (Lipinski definition) is 1. The Morgan fingerprint density at radius 3 is 2.67 bits per heavy atom. The molecule has 0 aliphatic carbocycles. The lowest BCUT2D eigenvalue weighted by atomic mass is 10.0. The van der Waals surface area contributed by atoms with E-state index in [-0.39, 0.29) is 24.0 Å². The maximum Gasteiger partial charge on any atom is 0.339 e. The molecule has 0 radical (unpaired) electrons. The molecule has 0 bridgehead atoms. The van der Waals surface area contributed by atoms with E-state index in [1.807, 2.05) is 38.1 Å². The number of aryl methyl sites for hydroxylation is 2. The van der Waals surface area contributed by atoms with Gasteiger partial charge in [0.25, 0.3) is 5.56 Å². The molecule has 1 N–H and O–H groups in total. The molecule has 7 nitrogen and oxygen atoms in total. The molecule has 0 saturated carbocycles. The summed E-state index contributed by atoms with van der Waals surface area (Å²) in [6, 6.07) is 6.74. The van der Waals surface area contributed by atoms with E-state index in [1.54, 1.807) is 5.38 Å². The highest BCUT2D eigenvalue weighted by Crippen LogP contribution is 2.23. The largest absolute Gasteiger partial charge is 0.480 e. The average molecular weight is 429 g/mol. The summed E-state index contributed by atoms with van der Waals surface area (Å²) in [6.07, 6.45) is 3.59. The molecule has 8 heteroatoms. The molecule has 0 saturated heterocycles. The fraction of sp³-hybridized carbons (Fsp3) is 0.364. The number of carbonyl (C=O) groups is 2. The summed E-state index contributed by atoms with van der Waals surface area (Å²) in [4.78, 5) is 42.0. The van der Waals surface area contributed by atoms with E-state index in [0.29, 0.717) is 11.3 Å². The van der Waals surface area contributed by atoms with Crippen LogP contribution in [0.4, 0.5) is 0 Å². The molecule has 0 aliphatic rings. The van der Waals surface area contributed by atoms with Gasteiger partial charge in [-0.1, -0.05) is 43.2 Å². The number of rotatable bonds is 9. The molecule has 158 valence electrons. The van der Waals surface area contributed by atoms with Crippen molar-refractivity contribution in [2.75, 3.05) is 6.61 Å². The summed E-state index contributed by atoms with van der Waals surface area (Å²) in [5.41, 5.74) is 1.71. The fourth-order valence-corrected chi connectivity index (χ4v) is 4.01. The van der Waals surface area contributed by atoms with Gasteiger partial charge in [-0.2, -0.15) is 0 Å². The highest BCUT2D eigenvalue weighted by atomic mass is 32.1. The zero-order chi connectivity index (χ0) is 21.7. The molecule has 2 aromatic heterocycles. The monoisotopic (exact) mass is 428 g/mol. The second-order valence-electron chi connectivity index (χ2n) is 7.15. The summed E-state index contributed by atoms with van der Waals surface area (Å²) in [6.45, 7) is 4.24. The predicted octanol–water partition coefficient (Wildman–Crippen LogP) is 3.98. The molecule has 1 unspecified atom stereocenters. The van der Waals surface area contributed by atoms with E-state index in [2.05, 4.69) is 4.98 Å². The van der Waals surface area contributed by atoms with E-state index in [0.717, 1.165) is 39.9 Å². The van der Waals surface area contributed by atoms with E-state index in [9.17, 15) is 19.5 Å². The van der Waals surface area contributed by atoms with Crippen LogP contribution in [0, 0.1) is 6.92 Å². The number of hydrogen-bond acceptors (Lipinski definition) is 6. The number of fused-ring (bicyclic) bond motifs is 1. The number of thiophene rings is 1. The third-order valence-electron chi connectivity index (χ3n) is 4.92. The molecule has 3 aromatic rings. The lowest BCUT2D eigenvalue weighted by Gasteiger charge is -2.15. The van der Waals surface area contributed by atoms with Crippen LogP contribution in [0.5, 0.6) is 0 Å². The number of aliphatic carboxylic acids is 1. The smallest absolute Gasteiger partial charge is 0.339 e. The maximum atomic E-state index is 13.1. The first-order chi connectivity index (χ1) is 14.4. The molecular formula is C22H24N2O5S. The van der Waals surface area contributed by atoms with Gasteiger partial charge in [0.05, 0.1) is 23.9 Å². The van der Waals surface area contributed by atoms with E-state index < -0.39 is 23.5 Å². The number of ether oxygens (including phenoxy) is 1. The Balaban J connectivity index is 1.90. The first-order valence-corrected chi connectivity index (χ1v) is 10.7. The lowest BCUT2D eigenvalue weighted by molar-refractivity contribution is -0.141. The molecule has 2 heterocycles. The number of aromatic nitrogens is 2. The molecule has 1 atom stereocenters. The normalized spacial score (nSPS) is 12.1. The van der Waals surface area contributed by atoms with Crippen molar-refractivity contribution < 1.29 is 19.4 Å². The summed E-state index contributed by atoms with van der Waals surface area (Å²) in [5, 5.41) is 11.4. The SMILES string of the molecule is CCCCOC(=O)c1csc2ncn(C(CCc3ccc(C)cc3)C(=O)O)c(=O)c12. The van der Waals surface area contributed by atoms with Crippen molar-refractivity contribution in [3.63, 3.8) is 0 Å². The summed E-state index contributed by atoms with van der Waals surface area (Å²) >= 11 is 1.16. The first-order valence-electron chi connectivity index (χ1n) is 9.86. The third kappa shape index (κ3) is 4.76. The lowest BCUT2D eigenvalue weighted by Crippen LogP contribution is -2.31. The number of carboxylic acids is 1. The molecular weight excluding hydrogens is 404 g/mol. The Hall–Kier alpha value is -3.00. The van der Waals surface area contributed by atoms with Gasteiger partial charge in [-0.25, -0.2) is 14.6 Å². The quantitative estimate of drug-likeness (QED) is 0.409. The van der Waals surface area contributed by atoms with Gasteiger partial charge in [-0.15, -0.1) is 11.3 Å². The third-order valence-corrected chi connectivity index (χ3v) is 5.80. The van der Waals surface area contributed by atoms with Crippen LogP contribution in [0.2, 0.25) is 0 Å². The van der Waals surface area contributed by atoms with Gasteiger partial charge in [-0.3, -0.25) is 9.36 Å². The minimum absolute atomic E-state index is 0.116. The van der Waals surface area contributed by atoms with E-state index >= 15 is 0 Å². The van der Waals surface area contributed by atoms with Gasteiger partial charge in [-0.05, 0) is 31.7 Å². The zero-order valence-corrected chi connectivity index (χ0v) is 17.8. The number of esters is 1. The molecule has 0 spiro atoms. The highest BCUT2D eigenvalue weighted by Gasteiger charge is 2.25. The van der Waals surface area contributed by atoms with Crippen molar-refractivity contribution >= 4 is 33.5 Å². The second-order valence-corrected chi connectivity index (χ2v) is 8.01. The van der Waals surface area contributed by atoms with Crippen LogP contribution in [0.15, 0.2) is 40.8 Å². The van der Waals surface area contributed by atoms with Gasteiger partial charge in [0.2, 0.25) is 0 Å². The van der Waals surface area contributed by atoms with Crippen LogP contribution in [0.3, 0.4) is 0 Å². The summed E-state index contributed by atoms with van der Waals surface area (Å²) in [5.74, 6) is -1.70. The molecule has 0 fully saturated rings. The number of benzene rings is 1. The second kappa shape index (κ2) is 9.67. The Labute approximate surface area is 178 Å². The van der Waals surface area contributed by atoms with Gasteiger partial charge < -0.3 is 9.84 Å². The molecule has 3 rings (SSSR count). The van der Waals surface area contributed by atoms with Gasteiger partial charge in [0.15, 0.2) is 0 Å². The standard InChI is InChI=1S/C22H24N2O5S/c1-3-4-11-29-22(28)16-12-30-19-18(16)20(25)24(13-23-19)17(21(26)27)10-9-15-7-5-14(2)6-8-15/h5-8,12-13,17H,3-4,9-11H2,1-2H3,(H,26,27). The minimum atomic E-state index is -1.12. The van der Waals surface area contributed by atoms with Crippen molar-refractivity contribution in [3.05, 3.63) is 63.0 Å². The zero-order valence-electron chi connectivity index (χ0n) is 17.0. The summed E-state index contributed by atoms with van der Waals surface area (Å²) < 4.78 is 6.33. The van der Waals surface area contributed by atoms with Crippen molar-refractivity contribution in [2.24, 2.45) is 0 Å². The number of nitrogens with zero attached hydrogens (tertiary/aromatic N) is 2. The summed E-state index contributed by atoms with van der Waals surface area (Å²) in [7, 11) is 0. The molecule has 30 heavy (non-hydrogen) atoms. The number of carboxylic acid groups (broad SMARTS) is 1. The Kier molecular flexibility index (Phi) is 6.99. The first kappa shape index (κ1) is 21.7. The van der Waals surface area contributed by atoms with Crippen LogP contribution < -0.4 is 5.56 Å². The van der Waals surface area contributed by atoms with Crippen LogP contribution in [-0.4, -0.2) is 33.2 Å². The fourth-order valence-electron chi connectivity index (χ4n) is 3.14. The molecule has 0 aliphatic heterocycles. The van der Waals surface area contributed by atoms with Crippen LogP contribution >= 0.6 is 11.3 Å². The molecule has 1 aromatic carbocycles. The number of unbranched alkanes of at least 4 members (excludes halogenated alkanes) is 1. The Morgan fingerprint density at radius 1 is 1.27 bits per heavy atom. The number of carbonyl (C=O) groups excluding carboxylic acids is 1. The van der Waals surface area contributed by atoms with Gasteiger partial charge in [0, 0.05) is 5.38 Å². The minimum Gasteiger partial charge on any atom is -0.480 e. The van der Waals surface area contributed by atoms with E-state index in [1.165, 1.54) is 6.33 Å². The predicted molar refractivity (Wildman–Crippen MR) is 115 cm³/mol. The van der Waals surface area contributed by atoms with Gasteiger partial charge in [0.1, 0.15) is 10.9 Å². The molecule has 0 amide bonds. The average Bonchev–Trinajstić information content (AvgIpc) is 3.16.